The lowest BCUT2D eigenvalue weighted by Gasteiger charge is -2.38. The van der Waals surface area contributed by atoms with Crippen molar-refractivity contribution in [2.24, 2.45) is 11.3 Å². The molecule has 1 fully saturated rings. The number of amides is 1. The average Bonchev–Trinajstić information content (AvgIpc) is 3.40. The number of ketones is 2. The summed E-state index contributed by atoms with van der Waals surface area (Å²) < 4.78 is 0. The van der Waals surface area contributed by atoms with Crippen molar-refractivity contribution >= 4 is 46.5 Å². The highest BCUT2D eigenvalue weighted by Gasteiger charge is 2.70. The summed E-state index contributed by atoms with van der Waals surface area (Å²) in [6, 6.07) is 19.4. The standard InChI is InChI=1S/C34H33ClN2O3/c1-5-8-20-11-13-21(14-12-20)30(38)28-29(31(39)33(2,3)4)37-26-17-16-23(35)19-22(26)15-18-27(37)34(28)24-9-6-7-10-25(24)36-32(34)40/h6-7,9-19,27-29H,5,8H2,1-4H3,(H,36,40). The number of hydrogen-bond donors (Lipinski definition) is 1. The Morgan fingerprint density at radius 3 is 2.45 bits per heavy atom. The monoisotopic (exact) mass is 552 g/mol. The van der Waals surface area contributed by atoms with Gasteiger partial charge < -0.3 is 10.2 Å². The molecule has 1 amide bonds. The summed E-state index contributed by atoms with van der Waals surface area (Å²) in [7, 11) is 0. The van der Waals surface area contributed by atoms with Gasteiger partial charge >= 0.3 is 0 Å². The minimum atomic E-state index is -1.30. The van der Waals surface area contributed by atoms with Crippen molar-refractivity contribution in [3.05, 3.63) is 100 Å². The van der Waals surface area contributed by atoms with Crippen LogP contribution in [0.4, 0.5) is 11.4 Å². The Labute approximate surface area is 240 Å². The number of para-hydroxylation sites is 1. The third-order valence-corrected chi connectivity index (χ3v) is 8.90. The summed E-state index contributed by atoms with van der Waals surface area (Å²) in [4.78, 5) is 45.6. The number of anilines is 2. The average molecular weight is 553 g/mol. The fourth-order valence-corrected chi connectivity index (χ4v) is 7.08. The molecule has 6 rings (SSSR count). The van der Waals surface area contributed by atoms with Crippen molar-refractivity contribution < 1.29 is 14.4 Å². The van der Waals surface area contributed by atoms with E-state index < -0.39 is 28.8 Å². The Hall–Kier alpha value is -3.70. The summed E-state index contributed by atoms with van der Waals surface area (Å²) in [5.41, 5.74) is 2.69. The lowest BCUT2D eigenvalue weighted by atomic mass is 9.63. The SMILES string of the molecule is CCCc1ccc(C(=O)C2C(C(=O)C(C)(C)C)N3c4ccc(Cl)cc4C=CC3C23C(=O)Nc2ccccc23)cc1. The van der Waals surface area contributed by atoms with Gasteiger partial charge in [0.2, 0.25) is 5.91 Å². The number of Topliss-reactive ketones (excluding diaryl/α,β-unsaturated/α-hetero) is 2. The number of benzene rings is 3. The molecule has 3 heterocycles. The molecule has 5 nitrogen and oxygen atoms in total. The zero-order valence-electron chi connectivity index (χ0n) is 23.2. The van der Waals surface area contributed by atoms with E-state index in [4.69, 9.17) is 11.6 Å². The second kappa shape index (κ2) is 9.45. The molecule has 3 aromatic carbocycles. The molecule has 0 aliphatic carbocycles. The van der Waals surface area contributed by atoms with Crippen molar-refractivity contribution in [2.75, 3.05) is 10.2 Å². The molecule has 1 N–H and O–H groups in total. The summed E-state index contributed by atoms with van der Waals surface area (Å²) >= 11 is 6.36. The van der Waals surface area contributed by atoms with Crippen LogP contribution in [0.3, 0.4) is 0 Å². The minimum Gasteiger partial charge on any atom is -0.352 e. The van der Waals surface area contributed by atoms with E-state index >= 15 is 0 Å². The first-order valence-electron chi connectivity index (χ1n) is 13.9. The number of carbonyl (C=O) groups excluding carboxylic acids is 3. The van der Waals surface area contributed by atoms with Gasteiger partial charge in [0.05, 0.1) is 12.0 Å². The van der Waals surface area contributed by atoms with Crippen LogP contribution in [0, 0.1) is 11.3 Å². The number of rotatable bonds is 5. The van der Waals surface area contributed by atoms with E-state index in [-0.39, 0.29) is 17.5 Å². The van der Waals surface area contributed by atoms with Gasteiger partial charge in [0.25, 0.3) is 0 Å². The molecule has 3 aliphatic heterocycles. The number of carbonyl (C=O) groups is 3. The molecule has 0 radical (unpaired) electrons. The van der Waals surface area contributed by atoms with Crippen LogP contribution in [-0.2, 0) is 21.4 Å². The summed E-state index contributed by atoms with van der Waals surface area (Å²) in [6.07, 6.45) is 5.86. The first kappa shape index (κ1) is 26.5. The molecule has 0 saturated carbocycles. The Bertz CT molecular complexity index is 1570. The van der Waals surface area contributed by atoms with Gasteiger partial charge in [-0.25, -0.2) is 0 Å². The van der Waals surface area contributed by atoms with Gasteiger partial charge in [0.1, 0.15) is 11.5 Å². The number of hydrogen-bond acceptors (Lipinski definition) is 4. The highest BCUT2D eigenvalue weighted by molar-refractivity contribution is 6.31. The first-order chi connectivity index (χ1) is 19.1. The van der Waals surface area contributed by atoms with E-state index in [1.54, 1.807) is 6.07 Å². The molecule has 40 heavy (non-hydrogen) atoms. The van der Waals surface area contributed by atoms with Gasteiger partial charge in [0, 0.05) is 27.4 Å². The third-order valence-electron chi connectivity index (χ3n) is 8.66. The lowest BCUT2D eigenvalue weighted by molar-refractivity contribution is -0.128. The molecule has 0 aromatic heterocycles. The number of nitrogens with zero attached hydrogens (tertiary/aromatic N) is 1. The van der Waals surface area contributed by atoms with E-state index in [1.807, 2.05) is 98.5 Å². The topological polar surface area (TPSA) is 66.5 Å². The van der Waals surface area contributed by atoms with Crippen LogP contribution in [0.15, 0.2) is 72.8 Å². The van der Waals surface area contributed by atoms with Crippen molar-refractivity contribution in [2.45, 2.75) is 58.0 Å². The lowest BCUT2D eigenvalue weighted by Crippen LogP contribution is -2.51. The molecule has 3 aliphatic rings. The largest absolute Gasteiger partial charge is 0.352 e. The van der Waals surface area contributed by atoms with Gasteiger partial charge in [0.15, 0.2) is 11.6 Å². The van der Waals surface area contributed by atoms with E-state index in [0.29, 0.717) is 16.3 Å². The Morgan fingerprint density at radius 2 is 1.75 bits per heavy atom. The fraction of sp³-hybridized carbons (Fsp3) is 0.324. The Morgan fingerprint density at radius 1 is 1.02 bits per heavy atom. The van der Waals surface area contributed by atoms with Crippen LogP contribution in [0.1, 0.15) is 61.2 Å². The van der Waals surface area contributed by atoms with Gasteiger partial charge in [-0.1, -0.05) is 100 Å². The van der Waals surface area contributed by atoms with Crippen LogP contribution in [0.2, 0.25) is 5.02 Å². The molecule has 4 unspecified atom stereocenters. The molecule has 3 aromatic rings. The number of nitrogens with one attached hydrogen (secondary N) is 1. The number of aryl methyl sites for hydroxylation is 1. The maximum Gasteiger partial charge on any atom is 0.238 e. The second-order valence-corrected chi connectivity index (χ2v) is 12.6. The molecular weight excluding hydrogens is 520 g/mol. The van der Waals surface area contributed by atoms with Gasteiger partial charge in [-0.15, -0.1) is 0 Å². The van der Waals surface area contributed by atoms with Gasteiger partial charge in [-0.3, -0.25) is 14.4 Å². The quantitative estimate of drug-likeness (QED) is 0.350. The molecule has 1 spiro atoms. The summed E-state index contributed by atoms with van der Waals surface area (Å²) in [5, 5.41) is 3.65. The van der Waals surface area contributed by atoms with E-state index in [0.717, 1.165) is 35.2 Å². The molecule has 0 bridgehead atoms. The van der Waals surface area contributed by atoms with Crippen LogP contribution >= 0.6 is 11.6 Å². The second-order valence-electron chi connectivity index (χ2n) is 12.1. The maximum absolute atomic E-state index is 14.8. The minimum absolute atomic E-state index is 0.0799. The van der Waals surface area contributed by atoms with Crippen molar-refractivity contribution in [3.63, 3.8) is 0 Å². The zero-order valence-corrected chi connectivity index (χ0v) is 24.0. The summed E-state index contributed by atoms with van der Waals surface area (Å²) in [5.74, 6) is -1.48. The van der Waals surface area contributed by atoms with Crippen molar-refractivity contribution in [1.82, 2.24) is 0 Å². The van der Waals surface area contributed by atoms with Crippen LogP contribution in [0.25, 0.3) is 6.08 Å². The summed E-state index contributed by atoms with van der Waals surface area (Å²) in [6.45, 7) is 7.75. The highest BCUT2D eigenvalue weighted by Crippen LogP contribution is 2.58. The predicted molar refractivity (Wildman–Crippen MR) is 160 cm³/mol. The van der Waals surface area contributed by atoms with Crippen LogP contribution in [-0.4, -0.2) is 29.6 Å². The van der Waals surface area contributed by atoms with E-state index in [2.05, 4.69) is 12.2 Å². The van der Waals surface area contributed by atoms with Crippen molar-refractivity contribution in [3.8, 4) is 0 Å². The normalized spacial score (nSPS) is 24.5. The smallest absolute Gasteiger partial charge is 0.238 e. The molecule has 6 heteroatoms. The molecule has 1 saturated heterocycles. The van der Waals surface area contributed by atoms with E-state index in [9.17, 15) is 14.4 Å². The Balaban J connectivity index is 1.64. The fourth-order valence-electron chi connectivity index (χ4n) is 6.90. The van der Waals surface area contributed by atoms with Crippen LogP contribution < -0.4 is 10.2 Å². The van der Waals surface area contributed by atoms with Crippen LogP contribution in [0.5, 0.6) is 0 Å². The van der Waals surface area contributed by atoms with Gasteiger partial charge in [-0.2, -0.15) is 0 Å². The molecular formula is C34H33ClN2O3. The number of fused-ring (bicyclic) bond motifs is 6. The van der Waals surface area contributed by atoms with Crippen molar-refractivity contribution in [1.29, 1.82) is 0 Å². The predicted octanol–water partition coefficient (Wildman–Crippen LogP) is 6.88. The first-order valence-corrected chi connectivity index (χ1v) is 14.3. The Kier molecular flexibility index (Phi) is 6.26. The maximum atomic E-state index is 14.8. The molecule has 4 atom stereocenters. The molecule has 204 valence electrons. The van der Waals surface area contributed by atoms with Gasteiger partial charge in [-0.05, 0) is 47.4 Å². The zero-order chi connectivity index (χ0) is 28.4. The van der Waals surface area contributed by atoms with E-state index in [1.165, 1.54) is 0 Å². The number of halogens is 1. The third kappa shape index (κ3) is 3.78. The highest BCUT2D eigenvalue weighted by atomic mass is 35.5.